The number of hydrogen-bond donors (Lipinski definition) is 1. The zero-order valence-electron chi connectivity index (χ0n) is 7.53. The predicted octanol–water partition coefficient (Wildman–Crippen LogP) is 0.180. The molecule has 5 nitrogen and oxygen atoms in total. The molecule has 1 rings (SSSR count). The SMILES string of the molecule is CCC(=O)CSc1n[nH]c(=O)n1C. The van der Waals surface area contributed by atoms with Gasteiger partial charge in [-0.25, -0.2) is 9.89 Å². The molecular weight excluding hydrogens is 190 g/mol. The second-order valence-corrected chi connectivity index (χ2v) is 3.49. The van der Waals surface area contributed by atoms with E-state index in [-0.39, 0.29) is 11.5 Å². The molecule has 72 valence electrons. The number of thioether (sulfide) groups is 1. The van der Waals surface area contributed by atoms with Crippen LogP contribution in [0, 0.1) is 0 Å². The summed E-state index contributed by atoms with van der Waals surface area (Å²) in [6.45, 7) is 1.81. The van der Waals surface area contributed by atoms with Crippen LogP contribution in [0.5, 0.6) is 0 Å². The summed E-state index contributed by atoms with van der Waals surface area (Å²) in [7, 11) is 1.62. The van der Waals surface area contributed by atoms with Crippen molar-refractivity contribution < 1.29 is 4.79 Å². The molecule has 1 aromatic heterocycles. The largest absolute Gasteiger partial charge is 0.343 e. The Kier molecular flexibility index (Phi) is 3.30. The number of nitrogens with zero attached hydrogens (tertiary/aromatic N) is 2. The number of carbonyl (C=O) groups excluding carboxylic acids is 1. The molecule has 0 fully saturated rings. The normalized spacial score (nSPS) is 10.3. The summed E-state index contributed by atoms with van der Waals surface area (Å²) >= 11 is 1.27. The Hall–Kier alpha value is -1.04. The smallest absolute Gasteiger partial charge is 0.299 e. The Bertz CT molecular complexity index is 355. The molecule has 0 spiro atoms. The summed E-state index contributed by atoms with van der Waals surface area (Å²) in [6.07, 6.45) is 0.519. The number of carbonyl (C=O) groups is 1. The van der Waals surface area contributed by atoms with Crippen LogP contribution >= 0.6 is 11.8 Å². The van der Waals surface area contributed by atoms with Gasteiger partial charge in [0.1, 0.15) is 5.78 Å². The van der Waals surface area contributed by atoms with Gasteiger partial charge in [0.05, 0.1) is 5.75 Å². The second kappa shape index (κ2) is 4.27. The van der Waals surface area contributed by atoms with Crippen LogP contribution in [-0.4, -0.2) is 26.3 Å². The first-order chi connectivity index (χ1) is 6.15. The van der Waals surface area contributed by atoms with Crippen LogP contribution in [0.25, 0.3) is 0 Å². The average molecular weight is 201 g/mol. The van der Waals surface area contributed by atoms with Crippen LogP contribution in [0.2, 0.25) is 0 Å². The van der Waals surface area contributed by atoms with Gasteiger partial charge >= 0.3 is 5.69 Å². The number of aromatic nitrogens is 3. The monoisotopic (exact) mass is 201 g/mol. The highest BCUT2D eigenvalue weighted by Crippen LogP contribution is 2.11. The molecule has 13 heavy (non-hydrogen) atoms. The van der Waals surface area contributed by atoms with Crippen molar-refractivity contribution in [2.24, 2.45) is 7.05 Å². The average Bonchev–Trinajstić information content (AvgIpc) is 2.44. The fourth-order valence-electron chi connectivity index (χ4n) is 0.709. The molecule has 1 aromatic rings. The number of rotatable bonds is 4. The van der Waals surface area contributed by atoms with Gasteiger partial charge in [-0.15, -0.1) is 5.10 Å². The molecule has 0 saturated carbocycles. The van der Waals surface area contributed by atoms with E-state index in [1.165, 1.54) is 16.3 Å². The highest BCUT2D eigenvalue weighted by molar-refractivity contribution is 7.99. The van der Waals surface area contributed by atoms with Gasteiger partial charge < -0.3 is 0 Å². The topological polar surface area (TPSA) is 67.8 Å². The summed E-state index contributed by atoms with van der Waals surface area (Å²) in [5.41, 5.74) is -0.258. The van der Waals surface area contributed by atoms with Crippen LogP contribution < -0.4 is 5.69 Å². The minimum Gasteiger partial charge on any atom is -0.299 e. The highest BCUT2D eigenvalue weighted by atomic mass is 32.2. The van der Waals surface area contributed by atoms with Crippen molar-refractivity contribution in [1.29, 1.82) is 0 Å². The number of ketones is 1. The van der Waals surface area contributed by atoms with Gasteiger partial charge in [0.15, 0.2) is 5.16 Å². The van der Waals surface area contributed by atoms with Crippen molar-refractivity contribution in [2.75, 3.05) is 5.75 Å². The van der Waals surface area contributed by atoms with E-state index in [9.17, 15) is 9.59 Å². The molecule has 1 heterocycles. The lowest BCUT2D eigenvalue weighted by molar-refractivity contribution is -0.116. The van der Waals surface area contributed by atoms with Crippen LogP contribution in [0.4, 0.5) is 0 Å². The van der Waals surface area contributed by atoms with Crippen molar-refractivity contribution in [1.82, 2.24) is 14.8 Å². The lowest BCUT2D eigenvalue weighted by Crippen LogP contribution is -2.13. The van der Waals surface area contributed by atoms with Gasteiger partial charge in [-0.2, -0.15) is 0 Å². The van der Waals surface area contributed by atoms with Crippen LogP contribution in [-0.2, 0) is 11.8 Å². The molecule has 0 saturated heterocycles. The van der Waals surface area contributed by atoms with Gasteiger partial charge in [-0.1, -0.05) is 18.7 Å². The van der Waals surface area contributed by atoms with Crippen molar-refractivity contribution in [3.8, 4) is 0 Å². The summed E-state index contributed by atoms with van der Waals surface area (Å²) in [5, 5.41) is 6.61. The molecule has 0 bridgehead atoms. The molecule has 0 amide bonds. The fraction of sp³-hybridized carbons (Fsp3) is 0.571. The van der Waals surface area contributed by atoms with E-state index in [0.29, 0.717) is 17.3 Å². The van der Waals surface area contributed by atoms with Gasteiger partial charge in [-0.05, 0) is 0 Å². The lowest BCUT2D eigenvalue weighted by Gasteiger charge is -1.96. The van der Waals surface area contributed by atoms with Gasteiger partial charge in [0.25, 0.3) is 0 Å². The Labute approximate surface area is 79.5 Å². The Morgan fingerprint density at radius 3 is 2.85 bits per heavy atom. The number of hydrogen-bond acceptors (Lipinski definition) is 4. The Balaban J connectivity index is 2.60. The van der Waals surface area contributed by atoms with Crippen molar-refractivity contribution in [3.63, 3.8) is 0 Å². The Morgan fingerprint density at radius 2 is 2.38 bits per heavy atom. The minimum absolute atomic E-state index is 0.153. The third-order valence-electron chi connectivity index (χ3n) is 1.60. The van der Waals surface area contributed by atoms with E-state index >= 15 is 0 Å². The fourth-order valence-corrected chi connectivity index (χ4v) is 1.59. The van der Waals surface area contributed by atoms with Crippen LogP contribution in [0.1, 0.15) is 13.3 Å². The van der Waals surface area contributed by atoms with Crippen molar-refractivity contribution in [2.45, 2.75) is 18.5 Å². The molecule has 0 radical (unpaired) electrons. The summed E-state index contributed by atoms with van der Waals surface area (Å²) < 4.78 is 1.38. The summed E-state index contributed by atoms with van der Waals surface area (Å²) in [6, 6.07) is 0. The first-order valence-electron chi connectivity index (χ1n) is 3.91. The third-order valence-corrected chi connectivity index (χ3v) is 2.69. The molecule has 0 aliphatic rings. The standard InChI is InChI=1S/C7H11N3O2S/c1-3-5(11)4-13-7-9-8-6(12)10(7)2/h3-4H2,1-2H3,(H,8,12). The first kappa shape index (κ1) is 10.0. The van der Waals surface area contributed by atoms with E-state index in [0.717, 1.165) is 0 Å². The minimum atomic E-state index is -0.258. The first-order valence-corrected chi connectivity index (χ1v) is 4.89. The van der Waals surface area contributed by atoms with Gasteiger partial charge in [-0.3, -0.25) is 9.36 Å². The van der Waals surface area contributed by atoms with Gasteiger partial charge in [0, 0.05) is 13.5 Å². The zero-order valence-corrected chi connectivity index (χ0v) is 8.35. The summed E-state index contributed by atoms with van der Waals surface area (Å²) in [4.78, 5) is 21.9. The number of nitrogens with one attached hydrogen (secondary N) is 1. The van der Waals surface area contributed by atoms with Crippen molar-refractivity contribution >= 4 is 17.5 Å². The quantitative estimate of drug-likeness (QED) is 0.706. The molecule has 0 atom stereocenters. The Morgan fingerprint density at radius 1 is 1.69 bits per heavy atom. The molecule has 6 heteroatoms. The maximum atomic E-state index is 11.0. The number of H-pyrrole nitrogens is 1. The number of aromatic amines is 1. The van der Waals surface area contributed by atoms with E-state index < -0.39 is 0 Å². The second-order valence-electron chi connectivity index (χ2n) is 2.55. The van der Waals surface area contributed by atoms with E-state index in [2.05, 4.69) is 10.2 Å². The van der Waals surface area contributed by atoms with Crippen LogP contribution in [0.3, 0.4) is 0 Å². The predicted molar refractivity (Wildman–Crippen MR) is 49.9 cm³/mol. The molecule has 0 aromatic carbocycles. The van der Waals surface area contributed by atoms with E-state index in [1.807, 2.05) is 6.92 Å². The molecule has 1 N–H and O–H groups in total. The third kappa shape index (κ3) is 2.45. The zero-order chi connectivity index (χ0) is 9.84. The lowest BCUT2D eigenvalue weighted by atomic mass is 10.4. The molecule has 0 aliphatic carbocycles. The maximum Gasteiger partial charge on any atom is 0.343 e. The molecular formula is C7H11N3O2S. The van der Waals surface area contributed by atoms with Crippen molar-refractivity contribution in [3.05, 3.63) is 10.5 Å². The maximum absolute atomic E-state index is 11.0. The van der Waals surface area contributed by atoms with Crippen LogP contribution in [0.15, 0.2) is 9.95 Å². The molecule has 0 aliphatic heterocycles. The highest BCUT2D eigenvalue weighted by Gasteiger charge is 2.06. The van der Waals surface area contributed by atoms with E-state index in [1.54, 1.807) is 7.05 Å². The summed E-state index contributed by atoms with van der Waals surface area (Å²) in [5.74, 6) is 0.523. The number of Topliss-reactive ketones (excluding diaryl/α,β-unsaturated/α-hetero) is 1. The van der Waals surface area contributed by atoms with E-state index in [4.69, 9.17) is 0 Å². The molecule has 0 unspecified atom stereocenters. The van der Waals surface area contributed by atoms with Gasteiger partial charge in [0.2, 0.25) is 0 Å².